The maximum atomic E-state index is 3.49. The molecule has 1 N–H and O–H groups in total. The highest BCUT2D eigenvalue weighted by molar-refractivity contribution is 4.97. The summed E-state index contributed by atoms with van der Waals surface area (Å²) in [6.07, 6.45) is 0. The highest BCUT2D eigenvalue weighted by atomic mass is 15.5. The summed E-state index contributed by atoms with van der Waals surface area (Å²) >= 11 is 0. The first-order valence-electron chi connectivity index (χ1n) is 12.0. The molecule has 0 amide bonds. The van der Waals surface area contributed by atoms with Crippen LogP contribution in [-0.4, -0.2) is 119 Å². The summed E-state index contributed by atoms with van der Waals surface area (Å²) in [5.74, 6) is 0. The second kappa shape index (κ2) is 9.09. The van der Waals surface area contributed by atoms with Gasteiger partial charge in [0.2, 0.25) is 0 Å². The van der Waals surface area contributed by atoms with Crippen molar-refractivity contribution in [1.82, 2.24) is 29.8 Å². The van der Waals surface area contributed by atoms with E-state index in [-0.39, 0.29) is 11.3 Å². The molecule has 0 radical (unpaired) electrons. The van der Waals surface area contributed by atoms with Gasteiger partial charge in [-0.3, -0.25) is 24.5 Å². The van der Waals surface area contributed by atoms with Crippen molar-refractivity contribution < 1.29 is 0 Å². The fourth-order valence-corrected chi connectivity index (χ4v) is 6.24. The van der Waals surface area contributed by atoms with Gasteiger partial charge in [-0.2, -0.15) is 0 Å². The normalized spacial score (nSPS) is 30.9. The van der Waals surface area contributed by atoms with Crippen molar-refractivity contribution in [2.45, 2.75) is 84.8 Å². The van der Waals surface area contributed by atoms with Crippen molar-refractivity contribution in [3.63, 3.8) is 0 Å². The van der Waals surface area contributed by atoms with Crippen LogP contribution in [0.15, 0.2) is 0 Å². The first kappa shape index (κ1) is 23.4. The lowest BCUT2D eigenvalue weighted by Gasteiger charge is -2.58. The van der Waals surface area contributed by atoms with Crippen molar-refractivity contribution in [1.29, 1.82) is 0 Å². The summed E-state index contributed by atoms with van der Waals surface area (Å²) in [5, 5.41) is 3.49. The van der Waals surface area contributed by atoms with Gasteiger partial charge < -0.3 is 5.32 Å². The van der Waals surface area contributed by atoms with E-state index < -0.39 is 0 Å². The molecule has 2 unspecified atom stereocenters. The smallest absolute Gasteiger partial charge is 0.0686 e. The summed E-state index contributed by atoms with van der Waals surface area (Å²) in [7, 11) is 0. The van der Waals surface area contributed by atoms with E-state index in [1.807, 2.05) is 0 Å². The lowest BCUT2D eigenvalue weighted by molar-refractivity contribution is -0.137. The van der Waals surface area contributed by atoms with E-state index >= 15 is 0 Å². The maximum absolute atomic E-state index is 3.49. The third-order valence-corrected chi connectivity index (χ3v) is 8.03. The van der Waals surface area contributed by atoms with Gasteiger partial charge >= 0.3 is 0 Å². The second-order valence-corrected chi connectivity index (χ2v) is 10.9. The molecule has 0 aromatic heterocycles. The minimum absolute atomic E-state index is 0.104. The monoisotopic (exact) mass is 408 g/mol. The quantitative estimate of drug-likeness (QED) is 0.746. The van der Waals surface area contributed by atoms with E-state index in [0.29, 0.717) is 18.1 Å². The summed E-state index contributed by atoms with van der Waals surface area (Å²) in [6, 6.07) is 1.82. The molecule has 170 valence electrons. The molecule has 3 aliphatic rings. The van der Waals surface area contributed by atoms with Crippen LogP contribution < -0.4 is 5.32 Å². The largest absolute Gasteiger partial charge is 0.314 e. The van der Waals surface area contributed by atoms with Crippen LogP contribution in [0.5, 0.6) is 0 Å². The summed E-state index contributed by atoms with van der Waals surface area (Å²) in [5.41, 5.74) is 0.259. The number of rotatable bonds is 5. The Labute approximate surface area is 180 Å². The van der Waals surface area contributed by atoms with Crippen LogP contribution in [0.25, 0.3) is 0 Å². The Hall–Kier alpha value is -0.240. The molecule has 0 spiro atoms. The predicted octanol–water partition coefficient (Wildman–Crippen LogP) is 1.78. The molecule has 0 bridgehead atoms. The van der Waals surface area contributed by atoms with Gasteiger partial charge in [0.15, 0.2) is 0 Å². The molecule has 3 rings (SSSR count). The summed E-state index contributed by atoms with van der Waals surface area (Å²) < 4.78 is 0. The third kappa shape index (κ3) is 4.83. The number of nitrogens with one attached hydrogen (secondary N) is 1. The molecule has 3 heterocycles. The molecule has 0 aromatic rings. The molecule has 2 atom stereocenters. The molecule has 3 saturated heterocycles. The van der Waals surface area contributed by atoms with Gasteiger partial charge in [0.1, 0.15) is 0 Å². The molecule has 6 heteroatoms. The van der Waals surface area contributed by atoms with E-state index in [2.05, 4.69) is 85.2 Å². The summed E-state index contributed by atoms with van der Waals surface area (Å²) in [6.45, 7) is 30.9. The van der Waals surface area contributed by atoms with E-state index in [1.54, 1.807) is 0 Å². The van der Waals surface area contributed by atoms with E-state index in [9.17, 15) is 0 Å². The van der Waals surface area contributed by atoms with Crippen LogP contribution in [0.3, 0.4) is 0 Å². The zero-order valence-electron chi connectivity index (χ0n) is 20.5. The van der Waals surface area contributed by atoms with Gasteiger partial charge in [-0.15, -0.1) is 0 Å². The van der Waals surface area contributed by atoms with Crippen molar-refractivity contribution >= 4 is 0 Å². The lowest BCUT2D eigenvalue weighted by atomic mass is 9.98. The Morgan fingerprint density at radius 2 is 1.10 bits per heavy atom. The number of nitrogens with zero attached hydrogens (tertiary/aromatic N) is 5. The van der Waals surface area contributed by atoms with Crippen molar-refractivity contribution in [2.75, 3.05) is 65.4 Å². The van der Waals surface area contributed by atoms with Gasteiger partial charge in [-0.25, -0.2) is 0 Å². The van der Waals surface area contributed by atoms with Crippen molar-refractivity contribution in [3.8, 4) is 0 Å². The van der Waals surface area contributed by atoms with Gasteiger partial charge in [-0.05, 0) is 55.4 Å². The minimum atomic E-state index is 0.104. The Bertz CT molecular complexity index is 507. The average molecular weight is 409 g/mol. The molecule has 0 saturated carbocycles. The third-order valence-electron chi connectivity index (χ3n) is 8.03. The van der Waals surface area contributed by atoms with Gasteiger partial charge in [-0.1, -0.05) is 0 Å². The minimum Gasteiger partial charge on any atom is -0.314 e. The fraction of sp³-hybridized carbons (Fsp3) is 1.00. The molecular weight excluding hydrogens is 360 g/mol. The van der Waals surface area contributed by atoms with Crippen LogP contribution in [0.1, 0.15) is 55.4 Å². The van der Waals surface area contributed by atoms with Crippen LogP contribution in [0.2, 0.25) is 0 Å². The average Bonchev–Trinajstić information content (AvgIpc) is 2.68. The predicted molar refractivity (Wildman–Crippen MR) is 123 cm³/mol. The highest BCUT2D eigenvalue weighted by Crippen LogP contribution is 2.31. The topological polar surface area (TPSA) is 28.2 Å². The molecule has 29 heavy (non-hydrogen) atoms. The van der Waals surface area contributed by atoms with E-state index in [1.165, 1.54) is 13.1 Å². The first-order valence-corrected chi connectivity index (χ1v) is 12.0. The van der Waals surface area contributed by atoms with Crippen LogP contribution in [-0.2, 0) is 0 Å². The molecule has 3 aliphatic heterocycles. The number of hydrogen-bond acceptors (Lipinski definition) is 6. The van der Waals surface area contributed by atoms with Crippen LogP contribution in [0.4, 0.5) is 0 Å². The van der Waals surface area contributed by atoms with Crippen LogP contribution >= 0.6 is 0 Å². The molecule has 6 nitrogen and oxygen atoms in total. The number of piperazine rings is 3. The zero-order valence-corrected chi connectivity index (χ0v) is 20.5. The Kier molecular flexibility index (Phi) is 7.34. The Balaban J connectivity index is 1.62. The van der Waals surface area contributed by atoms with Crippen LogP contribution in [0, 0.1) is 0 Å². The van der Waals surface area contributed by atoms with E-state index in [4.69, 9.17) is 0 Å². The van der Waals surface area contributed by atoms with Crippen molar-refractivity contribution in [2.24, 2.45) is 0 Å². The Morgan fingerprint density at radius 3 is 1.55 bits per heavy atom. The standard InChI is InChI=1S/C23H48N6/c1-19(2)25-17-20(3)29(21(4)18-25)23(7,8)28-15-13-27(14-16-28)22(5,6)26-11-9-24-10-12-26/h19-21,24H,9-18H2,1-8H3. The molecular formula is C23H48N6. The van der Waals surface area contributed by atoms with Gasteiger partial charge in [0, 0.05) is 83.6 Å². The van der Waals surface area contributed by atoms with Crippen molar-refractivity contribution in [3.05, 3.63) is 0 Å². The molecule has 0 aromatic carbocycles. The second-order valence-electron chi connectivity index (χ2n) is 10.9. The molecule has 0 aliphatic carbocycles. The summed E-state index contributed by atoms with van der Waals surface area (Å²) in [4.78, 5) is 13.6. The highest BCUT2D eigenvalue weighted by Gasteiger charge is 2.44. The number of hydrogen-bond donors (Lipinski definition) is 1. The first-order chi connectivity index (χ1) is 13.5. The fourth-order valence-electron chi connectivity index (χ4n) is 6.24. The Morgan fingerprint density at radius 1 is 0.690 bits per heavy atom. The SMILES string of the molecule is CC(C)N1CC(C)N(C(C)(C)N2CCN(C(C)(C)N3CCNCC3)CC2)C(C)C1. The maximum Gasteiger partial charge on any atom is 0.0686 e. The van der Waals surface area contributed by atoms with Gasteiger partial charge in [0.25, 0.3) is 0 Å². The van der Waals surface area contributed by atoms with Gasteiger partial charge in [0.05, 0.1) is 11.3 Å². The molecule has 3 fully saturated rings. The zero-order chi connectivity index (χ0) is 21.4. The lowest BCUT2D eigenvalue weighted by Crippen LogP contribution is -2.72. The van der Waals surface area contributed by atoms with E-state index in [0.717, 1.165) is 52.4 Å².